The summed E-state index contributed by atoms with van der Waals surface area (Å²) >= 11 is 0. The van der Waals surface area contributed by atoms with Crippen LogP contribution in [-0.4, -0.2) is 53.2 Å². The van der Waals surface area contributed by atoms with Crippen molar-refractivity contribution in [3.8, 4) is 0 Å². The molecule has 1 aromatic heterocycles. The van der Waals surface area contributed by atoms with Crippen LogP contribution in [0.1, 0.15) is 24.3 Å². The summed E-state index contributed by atoms with van der Waals surface area (Å²) in [5, 5.41) is 8.81. The predicted molar refractivity (Wildman–Crippen MR) is 70.1 cm³/mol. The molecule has 1 atom stereocenters. The van der Waals surface area contributed by atoms with Crippen LogP contribution in [0.25, 0.3) is 0 Å². The summed E-state index contributed by atoms with van der Waals surface area (Å²) in [6.45, 7) is 8.43. The van der Waals surface area contributed by atoms with Crippen molar-refractivity contribution in [3.05, 3.63) is 24.0 Å². The summed E-state index contributed by atoms with van der Waals surface area (Å²) in [4.78, 5) is 19.4. The highest BCUT2D eigenvalue weighted by molar-refractivity contribution is 5.85. The Hall–Kier alpha value is -1.62. The van der Waals surface area contributed by atoms with Gasteiger partial charge in [0.2, 0.25) is 0 Å². The van der Waals surface area contributed by atoms with Crippen molar-refractivity contribution in [2.24, 2.45) is 0 Å². The van der Waals surface area contributed by atoms with Gasteiger partial charge in [-0.25, -0.2) is 9.78 Å². The average Bonchev–Trinajstić information content (AvgIpc) is 2.38. The molecule has 0 saturated carbocycles. The fourth-order valence-corrected chi connectivity index (χ4v) is 2.40. The van der Waals surface area contributed by atoms with Gasteiger partial charge in [0.25, 0.3) is 0 Å². The van der Waals surface area contributed by atoms with Crippen LogP contribution in [0.15, 0.2) is 18.3 Å². The van der Waals surface area contributed by atoms with Crippen molar-refractivity contribution in [1.29, 1.82) is 0 Å². The van der Waals surface area contributed by atoms with Crippen LogP contribution in [-0.2, 0) is 0 Å². The summed E-state index contributed by atoms with van der Waals surface area (Å²) in [7, 11) is 0. The minimum absolute atomic E-state index is 0.0963. The molecular weight excluding hydrogens is 230 g/mol. The summed E-state index contributed by atoms with van der Waals surface area (Å²) in [6.07, 6.45) is 1.65. The first kappa shape index (κ1) is 12.8. The minimum atomic E-state index is -0.981. The molecule has 1 saturated heterocycles. The Morgan fingerprint density at radius 2 is 2.28 bits per heavy atom. The lowest BCUT2D eigenvalue weighted by atomic mass is 10.1. The van der Waals surface area contributed by atoms with Crippen LogP contribution in [0.3, 0.4) is 0 Å². The van der Waals surface area contributed by atoms with Crippen LogP contribution in [0.2, 0.25) is 0 Å². The zero-order valence-corrected chi connectivity index (χ0v) is 10.8. The largest absolute Gasteiger partial charge is 0.477 e. The number of hydrogen-bond acceptors (Lipinski definition) is 4. The molecule has 1 aliphatic rings. The molecule has 98 valence electrons. The number of anilines is 1. The van der Waals surface area contributed by atoms with Crippen LogP contribution in [0, 0.1) is 0 Å². The van der Waals surface area contributed by atoms with Gasteiger partial charge in [0, 0.05) is 25.7 Å². The van der Waals surface area contributed by atoms with Gasteiger partial charge < -0.3 is 10.0 Å². The SMILES string of the molecule is CCN1CCN(c2ccc(C(=O)O)nc2)CC1C. The Balaban J connectivity index is 2.06. The average molecular weight is 249 g/mol. The van der Waals surface area contributed by atoms with Gasteiger partial charge in [0.05, 0.1) is 11.9 Å². The molecule has 0 aromatic carbocycles. The number of rotatable bonds is 3. The number of likely N-dealkylation sites (N-methyl/N-ethyl adjacent to an activating group) is 1. The van der Waals surface area contributed by atoms with Gasteiger partial charge in [-0.2, -0.15) is 0 Å². The highest BCUT2D eigenvalue weighted by Gasteiger charge is 2.22. The van der Waals surface area contributed by atoms with E-state index < -0.39 is 5.97 Å². The summed E-state index contributed by atoms with van der Waals surface area (Å²) in [6, 6.07) is 3.92. The molecule has 5 nitrogen and oxygen atoms in total. The van der Waals surface area contributed by atoms with Gasteiger partial charge in [-0.3, -0.25) is 4.90 Å². The molecule has 0 amide bonds. The molecule has 1 unspecified atom stereocenters. The molecule has 1 fully saturated rings. The molecule has 2 rings (SSSR count). The number of aromatic carboxylic acids is 1. The lowest BCUT2D eigenvalue weighted by molar-refractivity contribution is 0.0690. The second-order valence-corrected chi connectivity index (χ2v) is 4.63. The van der Waals surface area contributed by atoms with E-state index in [0.717, 1.165) is 31.9 Å². The molecule has 0 aliphatic carbocycles. The number of carboxylic acid groups (broad SMARTS) is 1. The number of carbonyl (C=O) groups is 1. The van der Waals surface area contributed by atoms with Gasteiger partial charge in [0.1, 0.15) is 5.69 Å². The van der Waals surface area contributed by atoms with Gasteiger partial charge >= 0.3 is 5.97 Å². The maximum Gasteiger partial charge on any atom is 0.354 e. The predicted octanol–water partition coefficient (Wildman–Crippen LogP) is 1.31. The second-order valence-electron chi connectivity index (χ2n) is 4.63. The van der Waals surface area contributed by atoms with Crippen molar-refractivity contribution < 1.29 is 9.90 Å². The fourth-order valence-electron chi connectivity index (χ4n) is 2.40. The molecule has 1 N–H and O–H groups in total. The van der Waals surface area contributed by atoms with Crippen molar-refractivity contribution in [3.63, 3.8) is 0 Å². The summed E-state index contributed by atoms with van der Waals surface area (Å²) in [5.74, 6) is -0.981. The Morgan fingerprint density at radius 3 is 2.78 bits per heavy atom. The Bertz CT molecular complexity index is 419. The maximum atomic E-state index is 10.7. The third-order valence-corrected chi connectivity index (χ3v) is 3.50. The van der Waals surface area contributed by atoms with E-state index in [9.17, 15) is 4.79 Å². The molecule has 1 aromatic rings. The van der Waals surface area contributed by atoms with E-state index in [1.54, 1.807) is 12.3 Å². The topological polar surface area (TPSA) is 56.7 Å². The number of aromatic nitrogens is 1. The molecule has 0 bridgehead atoms. The van der Waals surface area contributed by atoms with Crippen LogP contribution >= 0.6 is 0 Å². The fraction of sp³-hybridized carbons (Fsp3) is 0.538. The quantitative estimate of drug-likeness (QED) is 0.875. The molecule has 0 spiro atoms. The number of nitrogens with zero attached hydrogens (tertiary/aromatic N) is 3. The van der Waals surface area contributed by atoms with Crippen LogP contribution in [0.4, 0.5) is 5.69 Å². The first-order valence-electron chi connectivity index (χ1n) is 6.30. The third-order valence-electron chi connectivity index (χ3n) is 3.50. The zero-order valence-electron chi connectivity index (χ0n) is 10.8. The third kappa shape index (κ3) is 2.61. The van der Waals surface area contributed by atoms with Gasteiger partial charge in [0.15, 0.2) is 0 Å². The zero-order chi connectivity index (χ0) is 13.1. The van der Waals surface area contributed by atoms with Crippen molar-refractivity contribution in [2.45, 2.75) is 19.9 Å². The lowest BCUT2D eigenvalue weighted by Crippen LogP contribution is -2.51. The highest BCUT2D eigenvalue weighted by atomic mass is 16.4. The number of hydrogen-bond donors (Lipinski definition) is 1. The van der Waals surface area contributed by atoms with E-state index in [1.807, 2.05) is 6.07 Å². The van der Waals surface area contributed by atoms with E-state index in [2.05, 4.69) is 28.6 Å². The number of carboxylic acids is 1. The minimum Gasteiger partial charge on any atom is -0.477 e. The number of pyridine rings is 1. The molecule has 2 heterocycles. The van der Waals surface area contributed by atoms with E-state index in [4.69, 9.17) is 5.11 Å². The first-order valence-corrected chi connectivity index (χ1v) is 6.30. The van der Waals surface area contributed by atoms with E-state index >= 15 is 0 Å². The smallest absolute Gasteiger partial charge is 0.354 e. The molecule has 0 radical (unpaired) electrons. The van der Waals surface area contributed by atoms with E-state index in [1.165, 1.54) is 0 Å². The Labute approximate surface area is 107 Å². The Kier molecular flexibility index (Phi) is 3.81. The Morgan fingerprint density at radius 1 is 1.50 bits per heavy atom. The summed E-state index contributed by atoms with van der Waals surface area (Å²) < 4.78 is 0. The van der Waals surface area contributed by atoms with Crippen molar-refractivity contribution >= 4 is 11.7 Å². The van der Waals surface area contributed by atoms with E-state index in [-0.39, 0.29) is 5.69 Å². The molecule has 5 heteroatoms. The standard InChI is InChI=1S/C13H19N3O2/c1-3-15-6-7-16(9-10(15)2)11-4-5-12(13(17)18)14-8-11/h4-5,8,10H,3,6-7,9H2,1-2H3,(H,17,18). The highest BCUT2D eigenvalue weighted by Crippen LogP contribution is 2.18. The van der Waals surface area contributed by atoms with Gasteiger partial charge in [-0.05, 0) is 25.6 Å². The van der Waals surface area contributed by atoms with Crippen molar-refractivity contribution in [2.75, 3.05) is 31.1 Å². The van der Waals surface area contributed by atoms with E-state index in [0.29, 0.717) is 6.04 Å². The lowest BCUT2D eigenvalue weighted by Gasteiger charge is -2.40. The summed E-state index contributed by atoms with van der Waals surface area (Å²) in [5.41, 5.74) is 1.10. The first-order chi connectivity index (χ1) is 8.61. The molecule has 18 heavy (non-hydrogen) atoms. The normalized spacial score (nSPS) is 21.0. The van der Waals surface area contributed by atoms with Crippen LogP contribution in [0.5, 0.6) is 0 Å². The maximum absolute atomic E-state index is 10.7. The van der Waals surface area contributed by atoms with Gasteiger partial charge in [-0.15, -0.1) is 0 Å². The van der Waals surface area contributed by atoms with Crippen LogP contribution < -0.4 is 4.90 Å². The molecule has 1 aliphatic heterocycles. The monoisotopic (exact) mass is 249 g/mol. The number of piperazine rings is 1. The molecular formula is C13H19N3O2. The van der Waals surface area contributed by atoms with Crippen molar-refractivity contribution in [1.82, 2.24) is 9.88 Å². The second kappa shape index (κ2) is 5.35. The van der Waals surface area contributed by atoms with Gasteiger partial charge in [-0.1, -0.05) is 6.92 Å².